The second-order valence-corrected chi connectivity index (χ2v) is 3.84. The fourth-order valence-corrected chi connectivity index (χ4v) is 1.04. The van der Waals surface area contributed by atoms with Crippen LogP contribution in [0.2, 0.25) is 0 Å². The van der Waals surface area contributed by atoms with E-state index in [0.717, 1.165) is 4.90 Å². The van der Waals surface area contributed by atoms with E-state index in [4.69, 9.17) is 5.11 Å². The summed E-state index contributed by atoms with van der Waals surface area (Å²) in [4.78, 5) is 22.3. The van der Waals surface area contributed by atoms with Crippen LogP contribution in [0, 0.1) is 5.92 Å². The second kappa shape index (κ2) is 6.31. The molecular weight excluding hydrogens is 243 g/mol. The van der Waals surface area contributed by atoms with Gasteiger partial charge in [-0.05, 0) is 5.92 Å². The van der Waals surface area contributed by atoms with Gasteiger partial charge < -0.3 is 9.84 Å². The summed E-state index contributed by atoms with van der Waals surface area (Å²) in [7, 11) is 0. The highest BCUT2D eigenvalue weighted by atomic mass is 19.4. The maximum Gasteiger partial charge on any atom is 0.422 e. The second-order valence-electron chi connectivity index (χ2n) is 3.84. The number of hydrogen-bond donors (Lipinski definition) is 1. The standard InChI is InChI=1S/C9H14F3NO4/c1-6(2)3-13(4-7(14)15)8(16)17-5-9(10,11)12/h6H,3-5H2,1-2H3,(H,14,15). The number of rotatable bonds is 5. The monoisotopic (exact) mass is 257 g/mol. The third-order valence-electron chi connectivity index (χ3n) is 1.53. The lowest BCUT2D eigenvalue weighted by Crippen LogP contribution is -2.39. The van der Waals surface area contributed by atoms with Crippen LogP contribution in [0.15, 0.2) is 0 Å². The Balaban J connectivity index is 4.37. The summed E-state index contributed by atoms with van der Waals surface area (Å²) in [5.74, 6) is -1.39. The third kappa shape index (κ3) is 8.35. The molecule has 100 valence electrons. The molecule has 0 atom stereocenters. The fourth-order valence-electron chi connectivity index (χ4n) is 1.04. The van der Waals surface area contributed by atoms with Gasteiger partial charge in [-0.2, -0.15) is 13.2 Å². The average Bonchev–Trinajstić information content (AvgIpc) is 2.10. The van der Waals surface area contributed by atoms with Gasteiger partial charge in [-0.1, -0.05) is 13.8 Å². The Morgan fingerprint density at radius 2 is 1.88 bits per heavy atom. The van der Waals surface area contributed by atoms with Gasteiger partial charge in [0.25, 0.3) is 0 Å². The zero-order valence-corrected chi connectivity index (χ0v) is 9.45. The van der Waals surface area contributed by atoms with Crippen molar-refractivity contribution < 1.29 is 32.6 Å². The van der Waals surface area contributed by atoms with Crippen LogP contribution in [0.25, 0.3) is 0 Å². The van der Waals surface area contributed by atoms with Crippen LogP contribution in [-0.4, -0.2) is 47.9 Å². The zero-order chi connectivity index (χ0) is 13.6. The molecule has 17 heavy (non-hydrogen) atoms. The lowest BCUT2D eigenvalue weighted by molar-refractivity contribution is -0.162. The quantitative estimate of drug-likeness (QED) is 0.814. The number of carboxylic acid groups (broad SMARTS) is 1. The van der Waals surface area contributed by atoms with E-state index in [1.165, 1.54) is 0 Å². The molecule has 1 amide bonds. The highest BCUT2D eigenvalue weighted by Gasteiger charge is 2.31. The van der Waals surface area contributed by atoms with Crippen LogP contribution in [0.3, 0.4) is 0 Å². The molecule has 0 rings (SSSR count). The molecule has 0 unspecified atom stereocenters. The predicted molar refractivity (Wildman–Crippen MR) is 51.4 cm³/mol. The van der Waals surface area contributed by atoms with Crippen molar-refractivity contribution in [3.05, 3.63) is 0 Å². The molecule has 0 aliphatic heterocycles. The normalized spacial score (nSPS) is 11.4. The van der Waals surface area contributed by atoms with Gasteiger partial charge in [0.1, 0.15) is 6.54 Å². The Morgan fingerprint density at radius 3 is 2.24 bits per heavy atom. The molecule has 0 aromatic carbocycles. The van der Waals surface area contributed by atoms with Crippen LogP contribution in [0.4, 0.5) is 18.0 Å². The van der Waals surface area contributed by atoms with Crippen molar-refractivity contribution in [2.75, 3.05) is 19.7 Å². The molecule has 0 radical (unpaired) electrons. The van der Waals surface area contributed by atoms with Gasteiger partial charge in [-0.3, -0.25) is 9.69 Å². The number of carbonyl (C=O) groups is 2. The molecule has 1 N–H and O–H groups in total. The Kier molecular flexibility index (Phi) is 5.77. The molecule has 0 bridgehead atoms. The summed E-state index contributed by atoms with van der Waals surface area (Å²) in [5, 5.41) is 8.50. The molecule has 0 fully saturated rings. The van der Waals surface area contributed by atoms with Crippen LogP contribution in [0.5, 0.6) is 0 Å². The SMILES string of the molecule is CC(C)CN(CC(=O)O)C(=O)OCC(F)(F)F. The van der Waals surface area contributed by atoms with Crippen molar-refractivity contribution in [3.63, 3.8) is 0 Å². The minimum Gasteiger partial charge on any atom is -0.480 e. The molecule has 0 saturated carbocycles. The summed E-state index contributed by atoms with van der Waals surface area (Å²) < 4.78 is 39.3. The van der Waals surface area contributed by atoms with E-state index in [2.05, 4.69) is 4.74 Å². The number of carbonyl (C=O) groups excluding carboxylic acids is 1. The van der Waals surface area contributed by atoms with Gasteiger partial charge in [0.2, 0.25) is 0 Å². The topological polar surface area (TPSA) is 66.8 Å². The van der Waals surface area contributed by atoms with Crippen LogP contribution < -0.4 is 0 Å². The van der Waals surface area contributed by atoms with Crippen molar-refractivity contribution in [2.24, 2.45) is 5.92 Å². The maximum absolute atomic E-state index is 11.8. The Labute approximate surface area is 96.1 Å². The molecule has 0 heterocycles. The number of carboxylic acids is 1. The molecule has 0 aromatic heterocycles. The number of alkyl halides is 3. The first-order valence-corrected chi connectivity index (χ1v) is 4.82. The average molecular weight is 257 g/mol. The minimum absolute atomic E-state index is 0.0169. The van der Waals surface area contributed by atoms with Crippen molar-refractivity contribution >= 4 is 12.1 Å². The molecule has 5 nitrogen and oxygen atoms in total. The highest BCUT2D eigenvalue weighted by molar-refractivity contribution is 5.76. The van der Waals surface area contributed by atoms with Crippen molar-refractivity contribution in [1.29, 1.82) is 0 Å². The van der Waals surface area contributed by atoms with Gasteiger partial charge in [0, 0.05) is 6.54 Å². The van der Waals surface area contributed by atoms with E-state index in [1.807, 2.05) is 0 Å². The number of aliphatic carboxylic acids is 1. The number of ether oxygens (including phenoxy) is 1. The lowest BCUT2D eigenvalue weighted by atomic mass is 10.2. The van der Waals surface area contributed by atoms with Gasteiger partial charge in [-0.15, -0.1) is 0 Å². The van der Waals surface area contributed by atoms with Crippen molar-refractivity contribution in [1.82, 2.24) is 4.90 Å². The van der Waals surface area contributed by atoms with Crippen molar-refractivity contribution in [2.45, 2.75) is 20.0 Å². The van der Waals surface area contributed by atoms with E-state index >= 15 is 0 Å². The molecule has 0 aromatic rings. The van der Waals surface area contributed by atoms with E-state index < -0.39 is 31.4 Å². The number of amides is 1. The molecule has 0 saturated heterocycles. The number of nitrogens with zero attached hydrogens (tertiary/aromatic N) is 1. The molecule has 8 heteroatoms. The summed E-state index contributed by atoms with van der Waals surface area (Å²) in [5.41, 5.74) is 0. The summed E-state index contributed by atoms with van der Waals surface area (Å²) in [6.45, 7) is 1.01. The lowest BCUT2D eigenvalue weighted by Gasteiger charge is -2.22. The third-order valence-corrected chi connectivity index (χ3v) is 1.53. The molecule has 0 spiro atoms. The predicted octanol–water partition coefficient (Wildman–Crippen LogP) is 1.73. The summed E-state index contributed by atoms with van der Waals surface area (Å²) in [6.07, 6.45) is -5.90. The molecule has 0 aliphatic rings. The first kappa shape index (κ1) is 15.5. The van der Waals surface area contributed by atoms with Gasteiger partial charge >= 0.3 is 18.2 Å². The summed E-state index contributed by atoms with van der Waals surface area (Å²) in [6, 6.07) is 0. The molecular formula is C9H14F3NO4. The molecule has 0 aliphatic carbocycles. The van der Waals surface area contributed by atoms with E-state index in [0.29, 0.717) is 0 Å². The van der Waals surface area contributed by atoms with Crippen LogP contribution >= 0.6 is 0 Å². The fraction of sp³-hybridized carbons (Fsp3) is 0.778. The zero-order valence-electron chi connectivity index (χ0n) is 9.45. The summed E-state index contributed by atoms with van der Waals surface area (Å²) >= 11 is 0. The first-order chi connectivity index (χ1) is 7.61. The van der Waals surface area contributed by atoms with Gasteiger partial charge in [0.15, 0.2) is 6.61 Å². The maximum atomic E-state index is 11.8. The largest absolute Gasteiger partial charge is 0.480 e. The van der Waals surface area contributed by atoms with Gasteiger partial charge in [0.05, 0.1) is 0 Å². The van der Waals surface area contributed by atoms with E-state index in [1.54, 1.807) is 13.8 Å². The van der Waals surface area contributed by atoms with Crippen molar-refractivity contribution in [3.8, 4) is 0 Å². The Morgan fingerprint density at radius 1 is 1.35 bits per heavy atom. The number of hydrogen-bond acceptors (Lipinski definition) is 3. The van der Waals surface area contributed by atoms with E-state index in [9.17, 15) is 22.8 Å². The first-order valence-electron chi connectivity index (χ1n) is 4.82. The van der Waals surface area contributed by atoms with Crippen LogP contribution in [0.1, 0.15) is 13.8 Å². The number of halogens is 3. The smallest absolute Gasteiger partial charge is 0.422 e. The Hall–Kier alpha value is -1.47. The van der Waals surface area contributed by atoms with E-state index in [-0.39, 0.29) is 12.5 Å². The minimum atomic E-state index is -4.62. The van der Waals surface area contributed by atoms with Gasteiger partial charge in [-0.25, -0.2) is 4.79 Å². The van der Waals surface area contributed by atoms with Crippen LogP contribution in [-0.2, 0) is 9.53 Å². The Bertz CT molecular complexity index is 278. The highest BCUT2D eigenvalue weighted by Crippen LogP contribution is 2.15.